The Hall–Kier alpha value is -1.49. The Labute approximate surface area is 127 Å². The molecule has 0 aliphatic carbocycles. The second kappa shape index (κ2) is 6.52. The van der Waals surface area contributed by atoms with Gasteiger partial charge in [0.2, 0.25) is 0 Å². The number of halogens is 3. The second-order valence-corrected chi connectivity index (χ2v) is 5.50. The molecule has 0 aliphatic rings. The van der Waals surface area contributed by atoms with Crippen molar-refractivity contribution < 1.29 is 13.9 Å². The quantitative estimate of drug-likeness (QED) is 0.891. The Balaban J connectivity index is 2.42. The summed E-state index contributed by atoms with van der Waals surface area (Å²) in [6.45, 7) is -0.178. The number of aliphatic hydroxyl groups is 1. The normalized spacial score (nSPS) is 14.0. The van der Waals surface area contributed by atoms with Crippen LogP contribution < -0.4 is 5.73 Å². The molecule has 0 bridgehead atoms. The van der Waals surface area contributed by atoms with Crippen LogP contribution in [0.15, 0.2) is 42.5 Å². The van der Waals surface area contributed by atoms with Crippen molar-refractivity contribution in [3.63, 3.8) is 0 Å². The van der Waals surface area contributed by atoms with Crippen LogP contribution in [0.5, 0.6) is 0 Å². The molecule has 2 nitrogen and oxygen atoms in total. The van der Waals surface area contributed by atoms with Gasteiger partial charge in [-0.1, -0.05) is 23.7 Å². The minimum atomic E-state index is -0.876. The SMILES string of the molecule is NCC(CO)(Cc1cc(Cl)ccc1F)c1ccc(F)cc1. The maximum absolute atomic E-state index is 13.9. The van der Waals surface area contributed by atoms with Gasteiger partial charge in [-0.25, -0.2) is 8.78 Å². The molecule has 3 N–H and O–H groups in total. The number of benzene rings is 2. The summed E-state index contributed by atoms with van der Waals surface area (Å²) < 4.78 is 27.0. The maximum atomic E-state index is 13.9. The molecular weight excluding hydrogens is 296 g/mol. The predicted molar refractivity (Wildman–Crippen MR) is 79.3 cm³/mol. The fourth-order valence-corrected chi connectivity index (χ4v) is 2.55. The molecule has 0 spiro atoms. The van der Waals surface area contributed by atoms with Gasteiger partial charge in [0.25, 0.3) is 0 Å². The molecule has 112 valence electrons. The first kappa shape index (κ1) is 15.9. The summed E-state index contributed by atoms with van der Waals surface area (Å²) in [6, 6.07) is 9.96. The highest BCUT2D eigenvalue weighted by molar-refractivity contribution is 6.30. The number of rotatable bonds is 5. The van der Waals surface area contributed by atoms with E-state index in [0.717, 1.165) is 0 Å². The van der Waals surface area contributed by atoms with E-state index in [0.29, 0.717) is 16.1 Å². The van der Waals surface area contributed by atoms with Crippen molar-refractivity contribution in [3.8, 4) is 0 Å². The van der Waals surface area contributed by atoms with E-state index in [2.05, 4.69) is 0 Å². The molecule has 0 amide bonds. The summed E-state index contributed by atoms with van der Waals surface area (Å²) in [5.41, 5.74) is 5.97. The molecule has 1 unspecified atom stereocenters. The van der Waals surface area contributed by atoms with Crippen LogP contribution in [-0.4, -0.2) is 18.3 Å². The van der Waals surface area contributed by atoms with E-state index in [-0.39, 0.29) is 25.4 Å². The summed E-state index contributed by atoms with van der Waals surface area (Å²) in [5, 5.41) is 10.2. The smallest absolute Gasteiger partial charge is 0.126 e. The molecule has 0 fully saturated rings. The van der Waals surface area contributed by atoms with Crippen molar-refractivity contribution in [2.24, 2.45) is 5.73 Å². The fraction of sp³-hybridized carbons (Fsp3) is 0.250. The van der Waals surface area contributed by atoms with Crippen LogP contribution in [-0.2, 0) is 11.8 Å². The zero-order chi connectivity index (χ0) is 15.5. The van der Waals surface area contributed by atoms with E-state index in [1.807, 2.05) is 0 Å². The summed E-state index contributed by atoms with van der Waals surface area (Å²) in [7, 11) is 0. The van der Waals surface area contributed by atoms with Gasteiger partial charge >= 0.3 is 0 Å². The summed E-state index contributed by atoms with van der Waals surface area (Å²) >= 11 is 5.89. The van der Waals surface area contributed by atoms with Crippen LogP contribution in [0.1, 0.15) is 11.1 Å². The average molecular weight is 312 g/mol. The van der Waals surface area contributed by atoms with Crippen molar-refractivity contribution in [1.29, 1.82) is 0 Å². The van der Waals surface area contributed by atoms with Crippen molar-refractivity contribution in [1.82, 2.24) is 0 Å². The van der Waals surface area contributed by atoms with Gasteiger partial charge in [-0.15, -0.1) is 0 Å². The van der Waals surface area contributed by atoms with Crippen molar-refractivity contribution in [2.75, 3.05) is 13.2 Å². The van der Waals surface area contributed by atoms with E-state index < -0.39 is 11.2 Å². The molecule has 2 aromatic rings. The third kappa shape index (κ3) is 3.40. The molecule has 5 heteroatoms. The lowest BCUT2D eigenvalue weighted by molar-refractivity contribution is 0.195. The summed E-state index contributed by atoms with van der Waals surface area (Å²) in [4.78, 5) is 0. The van der Waals surface area contributed by atoms with Crippen LogP contribution >= 0.6 is 11.6 Å². The van der Waals surface area contributed by atoms with E-state index in [4.69, 9.17) is 17.3 Å². The summed E-state index contributed by atoms with van der Waals surface area (Å²) in [5.74, 6) is -0.788. The lowest BCUT2D eigenvalue weighted by atomic mass is 9.76. The van der Waals surface area contributed by atoms with Crippen molar-refractivity contribution >= 4 is 11.6 Å². The van der Waals surface area contributed by atoms with E-state index in [9.17, 15) is 13.9 Å². The summed E-state index contributed by atoms with van der Waals surface area (Å²) in [6.07, 6.45) is 0.179. The van der Waals surface area contributed by atoms with Gasteiger partial charge in [-0.3, -0.25) is 0 Å². The predicted octanol–water partition coefficient (Wildman–Crippen LogP) is 3.05. The average Bonchev–Trinajstić information content (AvgIpc) is 2.49. The zero-order valence-corrected chi connectivity index (χ0v) is 12.1. The van der Waals surface area contributed by atoms with Gasteiger partial charge in [-0.05, 0) is 47.9 Å². The van der Waals surface area contributed by atoms with Crippen molar-refractivity contribution in [2.45, 2.75) is 11.8 Å². The Bertz CT molecular complexity index is 612. The molecule has 0 heterocycles. The van der Waals surface area contributed by atoms with Gasteiger partial charge in [0.05, 0.1) is 6.61 Å². The maximum Gasteiger partial charge on any atom is 0.126 e. The number of hydrogen-bond acceptors (Lipinski definition) is 2. The minimum absolute atomic E-state index is 0.0983. The van der Waals surface area contributed by atoms with Gasteiger partial charge in [0, 0.05) is 17.0 Å². The van der Waals surface area contributed by atoms with Crippen LogP contribution in [0, 0.1) is 11.6 Å². The molecule has 0 saturated heterocycles. The largest absolute Gasteiger partial charge is 0.395 e. The highest BCUT2D eigenvalue weighted by atomic mass is 35.5. The Morgan fingerprint density at radius 3 is 2.33 bits per heavy atom. The van der Waals surface area contributed by atoms with Crippen LogP contribution in [0.3, 0.4) is 0 Å². The molecule has 0 saturated carbocycles. The molecule has 0 radical (unpaired) electrons. The minimum Gasteiger partial charge on any atom is -0.395 e. The third-order valence-corrected chi connectivity index (χ3v) is 3.92. The van der Waals surface area contributed by atoms with Gasteiger partial charge in [0.15, 0.2) is 0 Å². The number of aliphatic hydroxyl groups excluding tert-OH is 1. The second-order valence-electron chi connectivity index (χ2n) is 5.06. The molecule has 21 heavy (non-hydrogen) atoms. The van der Waals surface area contributed by atoms with E-state index in [1.165, 1.54) is 30.3 Å². The van der Waals surface area contributed by atoms with Gasteiger partial charge in [0.1, 0.15) is 11.6 Å². The molecule has 1 atom stereocenters. The van der Waals surface area contributed by atoms with E-state index in [1.54, 1.807) is 12.1 Å². The molecule has 0 aliphatic heterocycles. The van der Waals surface area contributed by atoms with Crippen LogP contribution in [0.2, 0.25) is 5.02 Å². The Morgan fingerprint density at radius 2 is 1.76 bits per heavy atom. The van der Waals surface area contributed by atoms with Crippen LogP contribution in [0.25, 0.3) is 0 Å². The zero-order valence-electron chi connectivity index (χ0n) is 11.3. The number of hydrogen-bond donors (Lipinski definition) is 2. The van der Waals surface area contributed by atoms with Gasteiger partial charge < -0.3 is 10.8 Å². The molecular formula is C16H16ClF2NO. The standard InChI is InChI=1S/C16H16ClF2NO/c17-13-3-6-15(19)11(7-13)8-16(9-20,10-21)12-1-4-14(18)5-2-12/h1-7,21H,8-10,20H2. The topological polar surface area (TPSA) is 46.2 Å². The lowest BCUT2D eigenvalue weighted by Crippen LogP contribution is -2.41. The van der Waals surface area contributed by atoms with Gasteiger partial charge in [-0.2, -0.15) is 0 Å². The monoisotopic (exact) mass is 311 g/mol. The first-order valence-corrected chi connectivity index (χ1v) is 6.89. The van der Waals surface area contributed by atoms with Crippen LogP contribution in [0.4, 0.5) is 8.78 Å². The Morgan fingerprint density at radius 1 is 1.10 bits per heavy atom. The molecule has 0 aromatic heterocycles. The first-order valence-electron chi connectivity index (χ1n) is 6.52. The highest BCUT2D eigenvalue weighted by Crippen LogP contribution is 2.29. The fourth-order valence-electron chi connectivity index (χ4n) is 2.35. The van der Waals surface area contributed by atoms with E-state index >= 15 is 0 Å². The molecule has 2 aromatic carbocycles. The highest BCUT2D eigenvalue weighted by Gasteiger charge is 2.31. The molecule has 2 rings (SSSR count). The first-order chi connectivity index (χ1) is 10.0. The lowest BCUT2D eigenvalue weighted by Gasteiger charge is -2.31. The number of nitrogens with two attached hydrogens (primary N) is 1. The Kier molecular flexibility index (Phi) is 4.93. The van der Waals surface area contributed by atoms with Crippen molar-refractivity contribution in [3.05, 3.63) is 70.2 Å². The third-order valence-electron chi connectivity index (χ3n) is 3.69.